The van der Waals surface area contributed by atoms with Gasteiger partial charge >= 0.3 is 0 Å². The Bertz CT molecular complexity index is 733. The van der Waals surface area contributed by atoms with Crippen molar-refractivity contribution < 1.29 is 9.53 Å². The number of ether oxygens (including phenoxy) is 1. The Hall–Kier alpha value is -2.21. The summed E-state index contributed by atoms with van der Waals surface area (Å²) in [4.78, 5) is 19.4. The Kier molecular flexibility index (Phi) is 4.53. The minimum atomic E-state index is -0.0778. The SMILES string of the molecule is CCN(CC1CCOC1)C(=O)c1nc(C2CC2)n(-c2ccccc2)n1. The van der Waals surface area contributed by atoms with Crippen LogP contribution in [0.4, 0.5) is 0 Å². The van der Waals surface area contributed by atoms with Crippen molar-refractivity contribution in [2.45, 2.75) is 32.1 Å². The van der Waals surface area contributed by atoms with Gasteiger partial charge in [-0.15, -0.1) is 5.10 Å². The highest BCUT2D eigenvalue weighted by molar-refractivity contribution is 5.90. The van der Waals surface area contributed by atoms with Gasteiger partial charge in [-0.3, -0.25) is 4.79 Å². The lowest BCUT2D eigenvalue weighted by Gasteiger charge is -2.22. The van der Waals surface area contributed by atoms with E-state index in [1.54, 1.807) is 0 Å². The molecule has 2 aromatic rings. The van der Waals surface area contributed by atoms with Crippen LogP contribution in [0.3, 0.4) is 0 Å². The molecular formula is C19H24N4O2. The molecule has 6 nitrogen and oxygen atoms in total. The Morgan fingerprint density at radius 2 is 2.08 bits per heavy atom. The van der Waals surface area contributed by atoms with Crippen molar-refractivity contribution in [1.29, 1.82) is 0 Å². The number of hydrogen-bond acceptors (Lipinski definition) is 4. The van der Waals surface area contributed by atoms with Crippen molar-refractivity contribution >= 4 is 5.91 Å². The molecule has 0 spiro atoms. The fraction of sp³-hybridized carbons (Fsp3) is 0.526. The number of nitrogens with zero attached hydrogens (tertiary/aromatic N) is 4. The van der Waals surface area contributed by atoms with E-state index in [4.69, 9.17) is 4.74 Å². The fourth-order valence-electron chi connectivity index (χ4n) is 3.32. The second-order valence-electron chi connectivity index (χ2n) is 6.89. The summed E-state index contributed by atoms with van der Waals surface area (Å²) in [5.41, 5.74) is 0.961. The zero-order valence-electron chi connectivity index (χ0n) is 14.6. The molecule has 25 heavy (non-hydrogen) atoms. The third kappa shape index (κ3) is 3.44. The van der Waals surface area contributed by atoms with Crippen molar-refractivity contribution in [3.05, 3.63) is 42.0 Å². The van der Waals surface area contributed by atoms with Crippen LogP contribution >= 0.6 is 0 Å². The molecule has 0 N–H and O–H groups in total. The summed E-state index contributed by atoms with van der Waals surface area (Å²) in [6.45, 7) is 4.91. The first kappa shape index (κ1) is 16.3. The average Bonchev–Trinajstić information content (AvgIpc) is 3.19. The molecular weight excluding hydrogens is 316 g/mol. The molecule has 1 aliphatic heterocycles. The molecule has 2 aliphatic rings. The van der Waals surface area contributed by atoms with Gasteiger partial charge in [-0.1, -0.05) is 18.2 Å². The van der Waals surface area contributed by atoms with Crippen molar-refractivity contribution in [3.63, 3.8) is 0 Å². The maximum atomic E-state index is 13.0. The largest absolute Gasteiger partial charge is 0.381 e. The maximum absolute atomic E-state index is 13.0. The van der Waals surface area contributed by atoms with Gasteiger partial charge in [0, 0.05) is 31.5 Å². The fourth-order valence-corrected chi connectivity index (χ4v) is 3.32. The number of carbonyl (C=O) groups excluding carboxylic acids is 1. The Morgan fingerprint density at radius 3 is 2.72 bits per heavy atom. The summed E-state index contributed by atoms with van der Waals surface area (Å²) in [7, 11) is 0. The van der Waals surface area contributed by atoms with Gasteiger partial charge in [0.25, 0.3) is 5.91 Å². The maximum Gasteiger partial charge on any atom is 0.293 e. The molecule has 1 aromatic carbocycles. The minimum Gasteiger partial charge on any atom is -0.381 e. The number of aromatic nitrogens is 3. The standard InChI is InChI=1S/C19H24N4O2/c1-2-22(12-14-10-11-25-13-14)19(24)17-20-18(15-8-9-15)23(21-17)16-6-4-3-5-7-16/h3-7,14-15H,2,8-13H2,1H3. The highest BCUT2D eigenvalue weighted by atomic mass is 16.5. The molecule has 1 saturated heterocycles. The van der Waals surface area contributed by atoms with E-state index in [9.17, 15) is 4.79 Å². The highest BCUT2D eigenvalue weighted by Crippen LogP contribution is 2.39. The molecule has 132 valence electrons. The first-order chi connectivity index (χ1) is 12.3. The summed E-state index contributed by atoms with van der Waals surface area (Å²) in [5, 5.41) is 4.57. The van der Waals surface area contributed by atoms with E-state index < -0.39 is 0 Å². The van der Waals surface area contributed by atoms with Crippen molar-refractivity contribution in [3.8, 4) is 5.69 Å². The highest BCUT2D eigenvalue weighted by Gasteiger charge is 2.32. The molecule has 1 aromatic heterocycles. The van der Waals surface area contributed by atoms with E-state index in [1.807, 2.05) is 46.8 Å². The summed E-state index contributed by atoms with van der Waals surface area (Å²) >= 11 is 0. The monoisotopic (exact) mass is 340 g/mol. The normalized spacial score (nSPS) is 20.0. The van der Waals surface area contributed by atoms with Gasteiger partial charge in [-0.05, 0) is 38.3 Å². The number of rotatable bonds is 6. The lowest BCUT2D eigenvalue weighted by molar-refractivity contribution is 0.0718. The van der Waals surface area contributed by atoms with E-state index in [2.05, 4.69) is 10.1 Å². The predicted octanol–water partition coefficient (Wildman–Crippen LogP) is 2.64. The number of hydrogen-bond donors (Lipinski definition) is 0. The third-order valence-corrected chi connectivity index (χ3v) is 4.94. The van der Waals surface area contributed by atoms with Crippen LogP contribution in [0.1, 0.15) is 48.5 Å². The third-order valence-electron chi connectivity index (χ3n) is 4.94. The van der Waals surface area contributed by atoms with Crippen molar-refractivity contribution in [2.24, 2.45) is 5.92 Å². The van der Waals surface area contributed by atoms with E-state index >= 15 is 0 Å². The Balaban J connectivity index is 1.59. The lowest BCUT2D eigenvalue weighted by atomic mass is 10.1. The van der Waals surface area contributed by atoms with Crippen LogP contribution in [0.25, 0.3) is 5.69 Å². The minimum absolute atomic E-state index is 0.0778. The summed E-state index contributed by atoms with van der Waals surface area (Å²) in [6.07, 6.45) is 3.26. The van der Waals surface area contributed by atoms with E-state index in [0.717, 1.165) is 44.0 Å². The topological polar surface area (TPSA) is 60.2 Å². The molecule has 1 saturated carbocycles. The van der Waals surface area contributed by atoms with Crippen LogP contribution in [0, 0.1) is 5.92 Å². The van der Waals surface area contributed by atoms with Gasteiger partial charge in [0.2, 0.25) is 5.82 Å². The van der Waals surface area contributed by atoms with Crippen LogP contribution < -0.4 is 0 Å². The molecule has 0 bridgehead atoms. The number of carbonyl (C=O) groups is 1. The predicted molar refractivity (Wildman–Crippen MR) is 93.8 cm³/mol. The van der Waals surface area contributed by atoms with Crippen LogP contribution in [-0.4, -0.2) is 51.9 Å². The molecule has 0 radical (unpaired) electrons. The van der Waals surface area contributed by atoms with Gasteiger partial charge in [-0.25, -0.2) is 9.67 Å². The molecule has 1 atom stereocenters. The molecule has 2 fully saturated rings. The van der Waals surface area contributed by atoms with E-state index in [0.29, 0.717) is 30.7 Å². The smallest absolute Gasteiger partial charge is 0.293 e. The van der Waals surface area contributed by atoms with Gasteiger partial charge < -0.3 is 9.64 Å². The van der Waals surface area contributed by atoms with Crippen LogP contribution in [0.2, 0.25) is 0 Å². The first-order valence-electron chi connectivity index (χ1n) is 9.15. The molecule has 1 amide bonds. The second-order valence-corrected chi connectivity index (χ2v) is 6.89. The van der Waals surface area contributed by atoms with Gasteiger partial charge in [0.15, 0.2) is 0 Å². The summed E-state index contributed by atoms with van der Waals surface area (Å²) in [6, 6.07) is 9.94. The number of amides is 1. The zero-order chi connectivity index (χ0) is 17.2. The van der Waals surface area contributed by atoms with Crippen LogP contribution in [0.5, 0.6) is 0 Å². The van der Waals surface area contributed by atoms with Crippen molar-refractivity contribution in [1.82, 2.24) is 19.7 Å². The molecule has 1 unspecified atom stereocenters. The van der Waals surface area contributed by atoms with Crippen LogP contribution in [0.15, 0.2) is 30.3 Å². The molecule has 2 heterocycles. The lowest BCUT2D eigenvalue weighted by Crippen LogP contribution is -2.36. The van der Waals surface area contributed by atoms with Gasteiger partial charge in [0.05, 0.1) is 12.3 Å². The summed E-state index contributed by atoms with van der Waals surface area (Å²) < 4.78 is 7.28. The van der Waals surface area contributed by atoms with Gasteiger partial charge in [-0.2, -0.15) is 0 Å². The van der Waals surface area contributed by atoms with Crippen LogP contribution in [-0.2, 0) is 4.74 Å². The second kappa shape index (κ2) is 6.96. The Labute approximate surface area is 147 Å². The van der Waals surface area contributed by atoms with E-state index in [1.165, 1.54) is 0 Å². The number of para-hydroxylation sites is 1. The molecule has 1 aliphatic carbocycles. The summed E-state index contributed by atoms with van der Waals surface area (Å²) in [5.74, 6) is 1.99. The first-order valence-corrected chi connectivity index (χ1v) is 9.15. The Morgan fingerprint density at radius 1 is 1.28 bits per heavy atom. The average molecular weight is 340 g/mol. The number of benzene rings is 1. The van der Waals surface area contributed by atoms with Gasteiger partial charge in [0.1, 0.15) is 5.82 Å². The van der Waals surface area contributed by atoms with Crippen molar-refractivity contribution in [2.75, 3.05) is 26.3 Å². The zero-order valence-corrected chi connectivity index (χ0v) is 14.6. The molecule has 6 heteroatoms. The van der Waals surface area contributed by atoms with E-state index in [-0.39, 0.29) is 5.91 Å². The molecule has 4 rings (SSSR count). The quantitative estimate of drug-likeness (QED) is 0.811.